The lowest BCUT2D eigenvalue weighted by Gasteiger charge is -2.26. The monoisotopic (exact) mass is 399 g/mol. The van der Waals surface area contributed by atoms with Crippen molar-refractivity contribution in [2.24, 2.45) is 0 Å². The maximum atomic E-state index is 13.4. The zero-order chi connectivity index (χ0) is 20.7. The summed E-state index contributed by atoms with van der Waals surface area (Å²) in [6, 6.07) is 17.9. The zero-order valence-electron chi connectivity index (χ0n) is 16.3. The fourth-order valence-electron chi connectivity index (χ4n) is 4.40. The van der Waals surface area contributed by atoms with Crippen molar-refractivity contribution in [2.45, 2.75) is 19.0 Å². The molecule has 3 heterocycles. The minimum atomic E-state index is -0.629. The molecule has 6 nitrogen and oxygen atoms in total. The van der Waals surface area contributed by atoms with Crippen LogP contribution in [0.4, 0.5) is 0 Å². The van der Waals surface area contributed by atoms with Crippen LogP contribution in [-0.2, 0) is 13.0 Å². The van der Waals surface area contributed by atoms with Crippen molar-refractivity contribution in [3.63, 3.8) is 0 Å². The molecule has 0 fully saturated rings. The lowest BCUT2D eigenvalue weighted by molar-refractivity contribution is 0.0934. The Morgan fingerprint density at radius 1 is 1.07 bits per heavy atom. The van der Waals surface area contributed by atoms with Crippen LogP contribution in [0.15, 0.2) is 71.7 Å². The van der Waals surface area contributed by atoms with Crippen LogP contribution in [-0.4, -0.2) is 27.0 Å². The maximum absolute atomic E-state index is 13.4. The van der Waals surface area contributed by atoms with E-state index in [1.165, 1.54) is 6.20 Å². The third-order valence-electron chi connectivity index (χ3n) is 5.78. The number of hydrogen-bond donors (Lipinski definition) is 3. The van der Waals surface area contributed by atoms with Gasteiger partial charge in [0, 0.05) is 34.9 Å². The summed E-state index contributed by atoms with van der Waals surface area (Å²) >= 11 is 0. The van der Waals surface area contributed by atoms with Gasteiger partial charge in [0.05, 0.1) is 12.1 Å². The molecule has 0 radical (unpaired) electrons. The quantitative estimate of drug-likeness (QED) is 0.460. The Morgan fingerprint density at radius 2 is 1.87 bits per heavy atom. The first-order valence-electron chi connectivity index (χ1n) is 9.97. The first-order chi connectivity index (χ1) is 14.6. The average molecular weight is 399 g/mol. The molecular formula is C24H21N3O3. The number of rotatable bonds is 4. The number of aromatic hydroxyl groups is 1. The molecule has 1 aliphatic rings. The standard InChI is InChI=1S/C24H21N3O3/c28-20-10-4-1-6-15(20)14-27-19-9-3-2-7-16(19)17-11-13-25-21(22(17)27)23(29)18-8-5-12-26-24(18)30/h1-10,12,21,25,28H,11,13-14H2,(H,26,30). The number of nitrogens with zero attached hydrogens (tertiary/aromatic N) is 1. The molecule has 1 aliphatic heterocycles. The molecule has 5 rings (SSSR count). The van der Waals surface area contributed by atoms with Crippen molar-refractivity contribution in [1.82, 2.24) is 14.9 Å². The lowest BCUT2D eigenvalue weighted by Crippen LogP contribution is -2.38. The number of nitrogens with one attached hydrogen (secondary N) is 2. The number of ketones is 1. The molecule has 1 unspecified atom stereocenters. The van der Waals surface area contributed by atoms with Crippen molar-refractivity contribution >= 4 is 16.7 Å². The number of para-hydroxylation sites is 2. The number of fused-ring (bicyclic) bond motifs is 3. The van der Waals surface area contributed by atoms with E-state index in [1.807, 2.05) is 30.3 Å². The van der Waals surface area contributed by atoms with Crippen LogP contribution in [0.2, 0.25) is 0 Å². The van der Waals surface area contributed by atoms with Crippen LogP contribution in [0.1, 0.15) is 33.2 Å². The summed E-state index contributed by atoms with van der Waals surface area (Å²) in [4.78, 5) is 28.2. The summed E-state index contributed by atoms with van der Waals surface area (Å²) in [5, 5.41) is 14.8. The number of pyridine rings is 1. The Morgan fingerprint density at radius 3 is 2.70 bits per heavy atom. The molecular weight excluding hydrogens is 378 g/mol. The number of H-pyrrole nitrogens is 1. The first-order valence-corrected chi connectivity index (χ1v) is 9.97. The van der Waals surface area contributed by atoms with E-state index in [0.29, 0.717) is 13.1 Å². The molecule has 0 bridgehead atoms. The van der Waals surface area contributed by atoms with E-state index in [0.717, 1.165) is 34.1 Å². The summed E-state index contributed by atoms with van der Waals surface area (Å²) < 4.78 is 2.09. The summed E-state index contributed by atoms with van der Waals surface area (Å²) in [7, 11) is 0. The molecule has 150 valence electrons. The van der Waals surface area contributed by atoms with Crippen molar-refractivity contribution in [1.29, 1.82) is 0 Å². The predicted octanol–water partition coefficient (Wildman–Crippen LogP) is 3.15. The summed E-state index contributed by atoms with van der Waals surface area (Å²) in [6.45, 7) is 1.08. The fraction of sp³-hybridized carbons (Fsp3) is 0.167. The highest BCUT2D eigenvalue weighted by atomic mass is 16.3. The van der Waals surface area contributed by atoms with E-state index >= 15 is 0 Å². The van der Waals surface area contributed by atoms with Gasteiger partial charge >= 0.3 is 0 Å². The molecule has 0 saturated carbocycles. The van der Waals surface area contributed by atoms with E-state index in [9.17, 15) is 14.7 Å². The molecule has 0 aliphatic carbocycles. The Bertz CT molecular complexity index is 1320. The second-order valence-corrected chi connectivity index (χ2v) is 7.51. The Labute approximate surface area is 172 Å². The van der Waals surface area contributed by atoms with Crippen molar-refractivity contribution in [2.75, 3.05) is 6.54 Å². The molecule has 4 aromatic rings. The number of hydrogen-bond acceptors (Lipinski definition) is 4. The van der Waals surface area contributed by atoms with Gasteiger partial charge in [0.25, 0.3) is 5.56 Å². The Kier molecular flexibility index (Phi) is 4.48. The topological polar surface area (TPSA) is 87.1 Å². The Hall–Kier alpha value is -3.64. The zero-order valence-corrected chi connectivity index (χ0v) is 16.3. The lowest BCUT2D eigenvalue weighted by atomic mass is 9.94. The number of aromatic nitrogens is 2. The number of aromatic amines is 1. The summed E-state index contributed by atoms with van der Waals surface area (Å²) in [5.41, 5.74) is 3.51. The molecule has 0 saturated heterocycles. The van der Waals surface area contributed by atoms with Crippen LogP contribution in [0, 0.1) is 0 Å². The van der Waals surface area contributed by atoms with Crippen molar-refractivity contribution < 1.29 is 9.90 Å². The molecule has 2 aromatic carbocycles. The highest BCUT2D eigenvalue weighted by Crippen LogP contribution is 2.35. The minimum absolute atomic E-state index is 0.141. The molecule has 2 aromatic heterocycles. The molecule has 3 N–H and O–H groups in total. The number of phenolic OH excluding ortho intramolecular Hbond substituents is 1. The van der Waals surface area contributed by atoms with Crippen LogP contribution in [0.25, 0.3) is 10.9 Å². The van der Waals surface area contributed by atoms with E-state index in [-0.39, 0.29) is 22.7 Å². The third kappa shape index (κ3) is 2.93. The van der Waals surface area contributed by atoms with Gasteiger partial charge in [0.15, 0.2) is 5.78 Å². The van der Waals surface area contributed by atoms with Crippen molar-refractivity contribution in [3.05, 3.63) is 99.6 Å². The normalized spacial score (nSPS) is 15.8. The molecule has 0 amide bonds. The van der Waals surface area contributed by atoms with E-state index < -0.39 is 6.04 Å². The van der Waals surface area contributed by atoms with Gasteiger partial charge in [-0.2, -0.15) is 0 Å². The summed E-state index contributed by atoms with van der Waals surface area (Å²) in [5.74, 6) is -0.0330. The van der Waals surface area contributed by atoms with Crippen molar-refractivity contribution in [3.8, 4) is 5.75 Å². The van der Waals surface area contributed by atoms with Gasteiger partial charge in [-0.05, 0) is 36.2 Å². The fourth-order valence-corrected chi connectivity index (χ4v) is 4.40. The number of phenols is 1. The highest BCUT2D eigenvalue weighted by molar-refractivity contribution is 6.02. The van der Waals surface area contributed by atoms with Crippen LogP contribution in [0.5, 0.6) is 5.75 Å². The maximum Gasteiger partial charge on any atom is 0.258 e. The van der Waals surface area contributed by atoms with Gasteiger partial charge in [-0.15, -0.1) is 0 Å². The third-order valence-corrected chi connectivity index (χ3v) is 5.78. The van der Waals surface area contributed by atoms with Gasteiger partial charge in [-0.1, -0.05) is 36.4 Å². The second-order valence-electron chi connectivity index (χ2n) is 7.51. The largest absolute Gasteiger partial charge is 0.508 e. The predicted molar refractivity (Wildman–Crippen MR) is 115 cm³/mol. The van der Waals surface area contributed by atoms with E-state index in [4.69, 9.17) is 0 Å². The van der Waals surface area contributed by atoms with Gasteiger partial charge in [-0.25, -0.2) is 0 Å². The number of carbonyl (C=O) groups excluding carboxylic acids is 1. The number of benzene rings is 2. The van der Waals surface area contributed by atoms with Crippen LogP contribution in [0.3, 0.4) is 0 Å². The van der Waals surface area contributed by atoms with Gasteiger partial charge < -0.3 is 20.0 Å². The van der Waals surface area contributed by atoms with Crippen LogP contribution >= 0.6 is 0 Å². The van der Waals surface area contributed by atoms with E-state index in [1.54, 1.807) is 24.3 Å². The molecule has 30 heavy (non-hydrogen) atoms. The van der Waals surface area contributed by atoms with E-state index in [2.05, 4.69) is 20.9 Å². The van der Waals surface area contributed by atoms with Gasteiger partial charge in [0.2, 0.25) is 0 Å². The molecule has 1 atom stereocenters. The number of carbonyl (C=O) groups is 1. The molecule has 6 heteroatoms. The van der Waals surface area contributed by atoms with Crippen LogP contribution < -0.4 is 10.9 Å². The highest BCUT2D eigenvalue weighted by Gasteiger charge is 2.33. The number of Topliss-reactive ketones (excluding diaryl/α,β-unsaturated/α-hetero) is 1. The summed E-state index contributed by atoms with van der Waals surface area (Å²) in [6.07, 6.45) is 2.31. The first kappa shape index (κ1) is 18.4. The average Bonchev–Trinajstić information content (AvgIpc) is 3.09. The Balaban J connectivity index is 1.71. The SMILES string of the molecule is O=C(c1ccc[nH]c1=O)C1NCCc2c1n(Cc1ccccc1O)c1ccccc21. The van der Waals surface area contributed by atoms with Gasteiger partial charge in [0.1, 0.15) is 11.8 Å². The minimum Gasteiger partial charge on any atom is -0.508 e. The second kappa shape index (κ2) is 7.31. The molecule has 0 spiro atoms. The smallest absolute Gasteiger partial charge is 0.258 e. The van der Waals surface area contributed by atoms with Gasteiger partial charge in [-0.3, -0.25) is 9.59 Å².